The number of rotatable bonds is 4. The van der Waals surface area contributed by atoms with Crippen LogP contribution < -0.4 is 5.76 Å². The van der Waals surface area contributed by atoms with Gasteiger partial charge in [0.05, 0.1) is 6.54 Å². The minimum Gasteiger partial charge on any atom is -0.295 e. The maximum Gasteiger partial charge on any atom is 0.442 e. The van der Waals surface area contributed by atoms with Crippen molar-refractivity contribution in [1.82, 2.24) is 9.72 Å². The van der Waals surface area contributed by atoms with E-state index in [-0.39, 0.29) is 17.7 Å². The third kappa shape index (κ3) is 3.60. The maximum atomic E-state index is 12.6. The molecule has 0 radical (unpaired) electrons. The first-order chi connectivity index (χ1) is 11.9. The molecule has 0 unspecified atom stereocenters. The summed E-state index contributed by atoms with van der Waals surface area (Å²) >= 11 is 0. The van der Waals surface area contributed by atoms with E-state index in [9.17, 15) is 9.59 Å². The van der Waals surface area contributed by atoms with Crippen LogP contribution in [0.25, 0.3) is 11.4 Å². The normalized spacial score (nSPS) is 11.5. The molecular formula is C20H20N2O3. The van der Waals surface area contributed by atoms with Crippen molar-refractivity contribution in [2.24, 2.45) is 0 Å². The van der Waals surface area contributed by atoms with Crippen molar-refractivity contribution >= 4 is 5.78 Å². The fourth-order valence-electron chi connectivity index (χ4n) is 2.59. The first kappa shape index (κ1) is 16.9. The number of carbonyl (C=O) groups excluding carboxylic acids is 1. The van der Waals surface area contributed by atoms with Gasteiger partial charge in [-0.3, -0.25) is 9.32 Å². The predicted octanol–water partition coefficient (Wildman–Crippen LogP) is 3.68. The summed E-state index contributed by atoms with van der Waals surface area (Å²) in [5, 5.41) is 3.80. The topological polar surface area (TPSA) is 65.1 Å². The highest BCUT2D eigenvalue weighted by Crippen LogP contribution is 2.22. The smallest absolute Gasteiger partial charge is 0.295 e. The van der Waals surface area contributed by atoms with Crippen molar-refractivity contribution in [3.05, 3.63) is 76.3 Å². The average molecular weight is 336 g/mol. The van der Waals surface area contributed by atoms with E-state index in [0.717, 1.165) is 11.1 Å². The molecule has 3 rings (SSSR count). The Morgan fingerprint density at radius 1 is 1.04 bits per heavy atom. The van der Waals surface area contributed by atoms with Gasteiger partial charge < -0.3 is 0 Å². The SMILES string of the molecule is CC(C)(C)c1ccc(C(=O)Cn2c(-c3ccccc3)noc2=O)cc1. The second-order valence-corrected chi connectivity index (χ2v) is 6.97. The molecule has 5 heteroatoms. The van der Waals surface area contributed by atoms with Crippen LogP contribution in [0, 0.1) is 0 Å². The molecule has 0 N–H and O–H groups in total. The van der Waals surface area contributed by atoms with E-state index in [1.165, 1.54) is 4.57 Å². The molecule has 0 spiro atoms. The molecule has 3 aromatic rings. The molecule has 5 nitrogen and oxygen atoms in total. The Kier molecular flexibility index (Phi) is 4.40. The molecule has 1 aromatic heterocycles. The summed E-state index contributed by atoms with van der Waals surface area (Å²) in [5.41, 5.74) is 2.45. The maximum absolute atomic E-state index is 12.6. The molecule has 2 aromatic carbocycles. The van der Waals surface area contributed by atoms with Gasteiger partial charge in [0.25, 0.3) is 0 Å². The second-order valence-electron chi connectivity index (χ2n) is 6.97. The molecule has 1 heterocycles. The van der Waals surface area contributed by atoms with E-state index >= 15 is 0 Å². The second kappa shape index (κ2) is 6.51. The van der Waals surface area contributed by atoms with Gasteiger partial charge in [0.15, 0.2) is 11.6 Å². The van der Waals surface area contributed by atoms with Crippen molar-refractivity contribution in [3.8, 4) is 11.4 Å². The van der Waals surface area contributed by atoms with Gasteiger partial charge in [-0.25, -0.2) is 9.36 Å². The highest BCUT2D eigenvalue weighted by atomic mass is 16.5. The van der Waals surface area contributed by atoms with E-state index in [1.807, 2.05) is 42.5 Å². The number of carbonyl (C=O) groups is 1. The fourth-order valence-corrected chi connectivity index (χ4v) is 2.59. The van der Waals surface area contributed by atoms with Crippen LogP contribution in [0.3, 0.4) is 0 Å². The third-order valence-electron chi connectivity index (χ3n) is 4.09. The van der Waals surface area contributed by atoms with Crippen molar-refractivity contribution in [1.29, 1.82) is 0 Å². The molecule has 0 aliphatic heterocycles. The van der Waals surface area contributed by atoms with Crippen LogP contribution in [-0.4, -0.2) is 15.5 Å². The predicted molar refractivity (Wildman–Crippen MR) is 95.7 cm³/mol. The molecular weight excluding hydrogens is 316 g/mol. The van der Waals surface area contributed by atoms with Gasteiger partial charge in [0, 0.05) is 11.1 Å². The van der Waals surface area contributed by atoms with Crippen molar-refractivity contribution in [2.45, 2.75) is 32.7 Å². The molecule has 0 saturated carbocycles. The van der Waals surface area contributed by atoms with Crippen molar-refractivity contribution in [2.75, 3.05) is 0 Å². The summed E-state index contributed by atoms with van der Waals surface area (Å²) in [7, 11) is 0. The minimum atomic E-state index is -0.640. The van der Waals surface area contributed by atoms with Crippen LogP contribution in [0.2, 0.25) is 0 Å². The van der Waals surface area contributed by atoms with Crippen molar-refractivity contribution in [3.63, 3.8) is 0 Å². The third-order valence-corrected chi connectivity index (χ3v) is 4.09. The van der Waals surface area contributed by atoms with Crippen LogP contribution in [0.15, 0.2) is 63.9 Å². The van der Waals surface area contributed by atoms with Crippen molar-refractivity contribution < 1.29 is 9.32 Å². The lowest BCUT2D eigenvalue weighted by atomic mass is 9.86. The highest BCUT2D eigenvalue weighted by molar-refractivity contribution is 5.96. The number of hydrogen-bond acceptors (Lipinski definition) is 4. The molecule has 25 heavy (non-hydrogen) atoms. The fraction of sp³-hybridized carbons (Fsp3) is 0.250. The van der Waals surface area contributed by atoms with Gasteiger partial charge in [0.2, 0.25) is 0 Å². The molecule has 0 aliphatic rings. The van der Waals surface area contributed by atoms with Gasteiger partial charge >= 0.3 is 5.76 Å². The van der Waals surface area contributed by atoms with E-state index in [1.54, 1.807) is 12.1 Å². The molecule has 0 atom stereocenters. The minimum absolute atomic E-state index is 0.0213. The summed E-state index contributed by atoms with van der Waals surface area (Å²) < 4.78 is 6.02. The molecule has 0 aliphatic carbocycles. The largest absolute Gasteiger partial charge is 0.442 e. The van der Waals surface area contributed by atoms with Crippen LogP contribution in [-0.2, 0) is 12.0 Å². The summed E-state index contributed by atoms with van der Waals surface area (Å²) in [6, 6.07) is 16.7. The first-order valence-corrected chi connectivity index (χ1v) is 8.12. The number of Topliss-reactive ketones (excluding diaryl/α,β-unsaturated/α-hetero) is 1. The van der Waals surface area contributed by atoms with E-state index in [4.69, 9.17) is 4.52 Å². The summed E-state index contributed by atoms with van der Waals surface area (Å²) in [6.45, 7) is 6.24. The molecule has 0 saturated heterocycles. The molecule has 0 fully saturated rings. The molecule has 0 amide bonds. The summed E-state index contributed by atoms with van der Waals surface area (Å²) in [6.07, 6.45) is 0. The Morgan fingerprint density at radius 3 is 2.28 bits per heavy atom. The lowest BCUT2D eigenvalue weighted by Gasteiger charge is -2.19. The standard InChI is InChI=1S/C20H20N2O3/c1-20(2,3)16-11-9-14(10-12-16)17(23)13-22-18(21-25-19(22)24)15-7-5-4-6-8-15/h4-12H,13H2,1-3H3. The Morgan fingerprint density at radius 2 is 1.68 bits per heavy atom. The Labute approximate surface area is 145 Å². The van der Waals surface area contributed by atoms with Crippen LogP contribution in [0.1, 0.15) is 36.7 Å². The quantitative estimate of drug-likeness (QED) is 0.682. The average Bonchev–Trinajstić information content (AvgIpc) is 2.96. The summed E-state index contributed by atoms with van der Waals surface area (Å²) in [4.78, 5) is 24.5. The zero-order valence-corrected chi connectivity index (χ0v) is 14.5. The van der Waals surface area contributed by atoms with Crippen LogP contribution in [0.4, 0.5) is 0 Å². The molecule has 128 valence electrons. The van der Waals surface area contributed by atoms with Gasteiger partial charge in [-0.2, -0.15) is 0 Å². The lowest BCUT2D eigenvalue weighted by Crippen LogP contribution is -2.21. The Balaban J connectivity index is 1.87. The zero-order valence-electron chi connectivity index (χ0n) is 14.5. The van der Waals surface area contributed by atoms with Gasteiger partial charge in [-0.05, 0) is 11.0 Å². The lowest BCUT2D eigenvalue weighted by molar-refractivity contribution is 0.0969. The summed E-state index contributed by atoms with van der Waals surface area (Å²) in [5.74, 6) is -0.452. The zero-order chi connectivity index (χ0) is 18.0. The number of benzene rings is 2. The highest BCUT2D eigenvalue weighted by Gasteiger charge is 2.18. The van der Waals surface area contributed by atoms with Crippen LogP contribution >= 0.6 is 0 Å². The first-order valence-electron chi connectivity index (χ1n) is 8.12. The number of hydrogen-bond donors (Lipinski definition) is 0. The van der Waals surface area contributed by atoms with E-state index in [0.29, 0.717) is 11.4 Å². The Bertz CT molecular complexity index is 930. The molecule has 0 bridgehead atoms. The van der Waals surface area contributed by atoms with Gasteiger partial charge in [-0.1, -0.05) is 80.5 Å². The monoisotopic (exact) mass is 336 g/mol. The van der Waals surface area contributed by atoms with Crippen LogP contribution in [0.5, 0.6) is 0 Å². The van der Waals surface area contributed by atoms with Gasteiger partial charge in [-0.15, -0.1) is 0 Å². The number of aromatic nitrogens is 2. The van der Waals surface area contributed by atoms with E-state index < -0.39 is 5.76 Å². The van der Waals surface area contributed by atoms with E-state index in [2.05, 4.69) is 25.9 Å². The Hall–Kier alpha value is -2.95. The van der Waals surface area contributed by atoms with Gasteiger partial charge in [0.1, 0.15) is 0 Å². The number of nitrogens with zero attached hydrogens (tertiary/aromatic N) is 2. The number of ketones is 1.